The van der Waals surface area contributed by atoms with Crippen molar-refractivity contribution in [3.8, 4) is 0 Å². The maximum absolute atomic E-state index is 5.86. The molecule has 2 aromatic rings. The van der Waals surface area contributed by atoms with Gasteiger partial charge in [0.05, 0.1) is 9.63 Å². The summed E-state index contributed by atoms with van der Waals surface area (Å²) >= 11 is 9.22. The molecule has 4 heteroatoms. The number of nitrogens with zero attached hydrogens (tertiary/aromatic N) is 2. The van der Waals surface area contributed by atoms with Crippen LogP contribution < -0.4 is 0 Å². The lowest BCUT2D eigenvalue weighted by atomic mass is 10.6. The Balaban J connectivity index is 2.95. The van der Waals surface area contributed by atoms with Gasteiger partial charge in [-0.2, -0.15) is 0 Å². The fraction of sp³-hybridized carbons (Fsp3) is 0. The van der Waals surface area contributed by atoms with E-state index < -0.39 is 0 Å². The van der Waals surface area contributed by atoms with Crippen LogP contribution in [-0.2, 0) is 0 Å². The van der Waals surface area contributed by atoms with Gasteiger partial charge >= 0.3 is 0 Å². The fourth-order valence-corrected chi connectivity index (χ4v) is 1.85. The third kappa shape index (κ3) is 1.04. The summed E-state index contributed by atoms with van der Waals surface area (Å²) in [7, 11) is 0. The summed E-state index contributed by atoms with van der Waals surface area (Å²) in [5.41, 5.74) is 0.779. The SMILES string of the molecule is Clc1cc(Br)n2cccnc12. The molecular formula is C7H4BrClN2. The van der Waals surface area contributed by atoms with Crippen molar-refractivity contribution in [1.29, 1.82) is 0 Å². The summed E-state index contributed by atoms with van der Waals surface area (Å²) in [6.07, 6.45) is 3.62. The molecule has 11 heavy (non-hydrogen) atoms. The van der Waals surface area contributed by atoms with Crippen LogP contribution in [0, 0.1) is 0 Å². The van der Waals surface area contributed by atoms with E-state index in [1.165, 1.54) is 0 Å². The fourth-order valence-electron chi connectivity index (χ4n) is 0.959. The maximum Gasteiger partial charge on any atom is 0.156 e. The highest BCUT2D eigenvalue weighted by atomic mass is 79.9. The van der Waals surface area contributed by atoms with Crippen molar-refractivity contribution in [2.75, 3.05) is 0 Å². The molecule has 56 valence electrons. The molecule has 2 nitrogen and oxygen atoms in total. The first-order valence-electron chi connectivity index (χ1n) is 3.06. The Bertz CT molecular complexity index is 360. The van der Waals surface area contributed by atoms with Gasteiger partial charge in [0.1, 0.15) is 0 Å². The molecule has 0 saturated heterocycles. The predicted octanol–water partition coefficient (Wildman–Crippen LogP) is 2.75. The zero-order valence-electron chi connectivity index (χ0n) is 5.46. The minimum Gasteiger partial charge on any atom is -0.294 e. The number of hydrogen-bond donors (Lipinski definition) is 0. The van der Waals surface area contributed by atoms with E-state index in [0.29, 0.717) is 5.02 Å². The Morgan fingerprint density at radius 1 is 1.55 bits per heavy atom. The second kappa shape index (κ2) is 2.50. The highest BCUT2D eigenvalue weighted by Gasteiger charge is 2.03. The van der Waals surface area contributed by atoms with Crippen LogP contribution >= 0.6 is 27.5 Å². The van der Waals surface area contributed by atoms with Crippen LogP contribution in [0.4, 0.5) is 0 Å². The van der Waals surface area contributed by atoms with Crippen LogP contribution in [-0.4, -0.2) is 9.38 Å². The lowest BCUT2D eigenvalue weighted by molar-refractivity contribution is 1.10. The Morgan fingerprint density at radius 2 is 2.36 bits per heavy atom. The van der Waals surface area contributed by atoms with E-state index in [-0.39, 0.29) is 0 Å². The van der Waals surface area contributed by atoms with Crippen molar-refractivity contribution in [2.45, 2.75) is 0 Å². The van der Waals surface area contributed by atoms with Gasteiger partial charge in [-0.25, -0.2) is 4.98 Å². The number of hydrogen-bond acceptors (Lipinski definition) is 1. The first-order chi connectivity index (χ1) is 5.29. The van der Waals surface area contributed by atoms with Crippen molar-refractivity contribution < 1.29 is 0 Å². The number of fused-ring (bicyclic) bond motifs is 1. The summed E-state index contributed by atoms with van der Waals surface area (Å²) in [6.45, 7) is 0. The van der Waals surface area contributed by atoms with Crippen molar-refractivity contribution >= 4 is 33.2 Å². The molecular weight excluding hydrogens is 227 g/mol. The lowest BCUT2D eigenvalue weighted by Crippen LogP contribution is -1.84. The molecule has 0 atom stereocenters. The minimum atomic E-state index is 0.664. The second-order valence-corrected chi connectivity index (χ2v) is 3.35. The summed E-state index contributed by atoms with van der Waals surface area (Å²) < 4.78 is 2.80. The Hall–Kier alpha value is -0.540. The summed E-state index contributed by atoms with van der Waals surface area (Å²) in [6, 6.07) is 3.68. The van der Waals surface area contributed by atoms with E-state index in [1.807, 2.05) is 22.7 Å². The molecule has 0 aliphatic heterocycles. The number of halogens is 2. The normalized spacial score (nSPS) is 10.7. The van der Waals surface area contributed by atoms with Crippen LogP contribution in [0.25, 0.3) is 5.65 Å². The Labute approximate surface area is 76.9 Å². The molecule has 0 unspecified atom stereocenters. The van der Waals surface area contributed by atoms with Gasteiger partial charge in [-0.3, -0.25) is 4.40 Å². The average Bonchev–Trinajstić information content (AvgIpc) is 2.30. The Kier molecular flexibility index (Phi) is 1.62. The number of rotatable bonds is 0. The van der Waals surface area contributed by atoms with Crippen molar-refractivity contribution in [2.24, 2.45) is 0 Å². The molecule has 2 aromatic heterocycles. The molecule has 0 saturated carbocycles. The smallest absolute Gasteiger partial charge is 0.156 e. The highest BCUT2D eigenvalue weighted by Crippen LogP contribution is 2.23. The Morgan fingerprint density at radius 3 is 3.09 bits per heavy atom. The van der Waals surface area contributed by atoms with Crippen molar-refractivity contribution in [3.05, 3.63) is 34.2 Å². The maximum atomic E-state index is 5.86. The van der Waals surface area contributed by atoms with Gasteiger partial charge in [0, 0.05) is 12.4 Å². The van der Waals surface area contributed by atoms with E-state index in [1.54, 1.807) is 6.20 Å². The minimum absolute atomic E-state index is 0.664. The van der Waals surface area contributed by atoms with Gasteiger partial charge in [0.15, 0.2) is 5.65 Å². The van der Waals surface area contributed by atoms with Gasteiger partial charge in [0.2, 0.25) is 0 Å². The molecule has 0 aliphatic rings. The lowest BCUT2D eigenvalue weighted by Gasteiger charge is -1.92. The summed E-state index contributed by atoms with van der Waals surface area (Å²) in [5.74, 6) is 0. The largest absolute Gasteiger partial charge is 0.294 e. The summed E-state index contributed by atoms with van der Waals surface area (Å²) in [4.78, 5) is 4.10. The average molecular weight is 231 g/mol. The first-order valence-corrected chi connectivity index (χ1v) is 4.23. The van der Waals surface area contributed by atoms with Gasteiger partial charge < -0.3 is 0 Å². The van der Waals surface area contributed by atoms with Crippen molar-refractivity contribution in [3.63, 3.8) is 0 Å². The van der Waals surface area contributed by atoms with E-state index in [0.717, 1.165) is 10.3 Å². The van der Waals surface area contributed by atoms with Gasteiger partial charge in [-0.05, 0) is 28.1 Å². The zero-order valence-corrected chi connectivity index (χ0v) is 7.80. The standard InChI is InChI=1S/C7H4BrClN2/c8-6-4-5(9)7-10-2-1-3-11(6)7/h1-4H. The predicted molar refractivity (Wildman–Crippen MR) is 47.9 cm³/mol. The monoisotopic (exact) mass is 230 g/mol. The molecule has 2 heterocycles. The van der Waals surface area contributed by atoms with Crippen LogP contribution in [0.3, 0.4) is 0 Å². The summed E-state index contributed by atoms with van der Waals surface area (Å²) in [5, 5.41) is 0.664. The molecule has 0 radical (unpaired) electrons. The molecule has 2 rings (SSSR count). The quantitative estimate of drug-likeness (QED) is 0.681. The van der Waals surface area contributed by atoms with Gasteiger partial charge in [-0.15, -0.1) is 0 Å². The van der Waals surface area contributed by atoms with E-state index in [2.05, 4.69) is 20.9 Å². The van der Waals surface area contributed by atoms with Crippen LogP contribution in [0.15, 0.2) is 29.1 Å². The molecule has 0 bridgehead atoms. The van der Waals surface area contributed by atoms with E-state index in [4.69, 9.17) is 11.6 Å². The van der Waals surface area contributed by atoms with Crippen LogP contribution in [0.5, 0.6) is 0 Å². The van der Waals surface area contributed by atoms with Crippen LogP contribution in [0.2, 0.25) is 5.02 Å². The van der Waals surface area contributed by atoms with E-state index >= 15 is 0 Å². The molecule has 0 aromatic carbocycles. The molecule has 0 fully saturated rings. The second-order valence-electron chi connectivity index (χ2n) is 2.13. The molecule has 0 aliphatic carbocycles. The molecule has 0 N–H and O–H groups in total. The number of aromatic nitrogens is 2. The zero-order chi connectivity index (χ0) is 7.84. The third-order valence-electron chi connectivity index (χ3n) is 1.44. The highest BCUT2D eigenvalue weighted by molar-refractivity contribution is 9.10. The van der Waals surface area contributed by atoms with Gasteiger partial charge in [0.25, 0.3) is 0 Å². The van der Waals surface area contributed by atoms with Crippen molar-refractivity contribution in [1.82, 2.24) is 9.38 Å². The van der Waals surface area contributed by atoms with Crippen LogP contribution in [0.1, 0.15) is 0 Å². The third-order valence-corrected chi connectivity index (χ3v) is 2.32. The first kappa shape index (κ1) is 7.13. The van der Waals surface area contributed by atoms with Gasteiger partial charge in [-0.1, -0.05) is 11.6 Å². The van der Waals surface area contributed by atoms with E-state index in [9.17, 15) is 0 Å². The topological polar surface area (TPSA) is 17.3 Å². The molecule has 0 spiro atoms. The molecule has 0 amide bonds.